The second-order valence-electron chi connectivity index (χ2n) is 3.80. The predicted molar refractivity (Wildman–Crippen MR) is 61.5 cm³/mol. The van der Waals surface area contributed by atoms with Gasteiger partial charge in [0.15, 0.2) is 0 Å². The van der Waals surface area contributed by atoms with Gasteiger partial charge in [-0.25, -0.2) is 9.97 Å². The molecule has 0 fully saturated rings. The maximum Gasteiger partial charge on any atom is 0.138 e. The minimum absolute atomic E-state index is 0.836. The highest BCUT2D eigenvalue weighted by molar-refractivity contribution is 5.59. The third kappa shape index (κ3) is 1.65. The molecule has 0 saturated carbocycles. The van der Waals surface area contributed by atoms with Gasteiger partial charge in [-0.1, -0.05) is 0 Å². The van der Waals surface area contributed by atoms with E-state index >= 15 is 0 Å². The fraction of sp³-hybridized carbons (Fsp3) is 0.273. The van der Waals surface area contributed by atoms with Crippen LogP contribution >= 0.6 is 0 Å². The van der Waals surface area contributed by atoms with Crippen molar-refractivity contribution in [1.82, 2.24) is 20.3 Å². The molecule has 0 radical (unpaired) electrons. The van der Waals surface area contributed by atoms with Crippen molar-refractivity contribution in [3.63, 3.8) is 0 Å². The van der Waals surface area contributed by atoms with E-state index in [1.807, 2.05) is 18.5 Å². The number of anilines is 2. The van der Waals surface area contributed by atoms with Crippen LogP contribution in [0.3, 0.4) is 0 Å². The van der Waals surface area contributed by atoms with Gasteiger partial charge < -0.3 is 15.6 Å². The van der Waals surface area contributed by atoms with Crippen molar-refractivity contribution in [2.45, 2.75) is 13.0 Å². The van der Waals surface area contributed by atoms with E-state index in [0.717, 1.165) is 36.7 Å². The molecule has 1 aliphatic rings. The minimum atomic E-state index is 0.836. The highest BCUT2D eigenvalue weighted by Gasteiger charge is 2.14. The monoisotopic (exact) mass is 215 g/mol. The first kappa shape index (κ1) is 9.35. The molecule has 0 spiro atoms. The van der Waals surface area contributed by atoms with E-state index in [1.165, 1.54) is 5.56 Å². The lowest BCUT2D eigenvalue weighted by atomic mass is 10.1. The summed E-state index contributed by atoms with van der Waals surface area (Å²) in [5, 5.41) is 6.62. The van der Waals surface area contributed by atoms with Crippen LogP contribution in [0.25, 0.3) is 0 Å². The Hall–Kier alpha value is -1.88. The zero-order chi connectivity index (χ0) is 10.8. The molecule has 0 amide bonds. The zero-order valence-electron chi connectivity index (χ0n) is 8.83. The summed E-state index contributed by atoms with van der Waals surface area (Å²) in [6.07, 6.45) is 6.39. The molecule has 0 bridgehead atoms. The van der Waals surface area contributed by atoms with E-state index in [-0.39, 0.29) is 0 Å². The second kappa shape index (κ2) is 3.94. The van der Waals surface area contributed by atoms with Crippen molar-refractivity contribution in [3.8, 4) is 0 Å². The van der Waals surface area contributed by atoms with Crippen molar-refractivity contribution >= 4 is 11.5 Å². The molecule has 0 saturated heterocycles. The van der Waals surface area contributed by atoms with Gasteiger partial charge in [0.1, 0.15) is 12.1 Å². The Bertz CT molecular complexity index is 477. The highest BCUT2D eigenvalue weighted by Crippen LogP contribution is 2.21. The number of hydrogen-bond acceptors (Lipinski definition) is 4. The largest absolute Gasteiger partial charge is 0.366 e. The lowest BCUT2D eigenvalue weighted by Gasteiger charge is -2.18. The quantitative estimate of drug-likeness (QED) is 0.704. The third-order valence-corrected chi connectivity index (χ3v) is 2.74. The van der Waals surface area contributed by atoms with Gasteiger partial charge in [0.05, 0.1) is 11.4 Å². The Morgan fingerprint density at radius 3 is 3.19 bits per heavy atom. The Kier molecular flexibility index (Phi) is 2.30. The van der Waals surface area contributed by atoms with Crippen molar-refractivity contribution in [2.75, 3.05) is 11.9 Å². The Labute approximate surface area is 93.3 Å². The van der Waals surface area contributed by atoms with E-state index in [0.29, 0.717) is 0 Å². The van der Waals surface area contributed by atoms with Crippen LogP contribution in [0.15, 0.2) is 24.8 Å². The number of fused-ring (bicyclic) bond motifs is 1. The maximum atomic E-state index is 4.31. The Balaban J connectivity index is 1.94. The maximum absolute atomic E-state index is 4.31. The topological polar surface area (TPSA) is 65.6 Å². The number of aromatic nitrogens is 3. The van der Waals surface area contributed by atoms with Crippen molar-refractivity contribution < 1.29 is 0 Å². The summed E-state index contributed by atoms with van der Waals surface area (Å²) in [6, 6.07) is 1.98. The number of H-pyrrole nitrogens is 1. The molecule has 3 N–H and O–H groups in total. The van der Waals surface area contributed by atoms with Gasteiger partial charge in [-0.2, -0.15) is 0 Å². The Morgan fingerprint density at radius 2 is 2.31 bits per heavy atom. The summed E-state index contributed by atoms with van der Waals surface area (Å²) in [6.45, 7) is 1.83. The summed E-state index contributed by atoms with van der Waals surface area (Å²) < 4.78 is 0. The molecule has 0 atom stereocenters. The fourth-order valence-electron chi connectivity index (χ4n) is 1.92. The normalized spacial score (nSPS) is 14.5. The van der Waals surface area contributed by atoms with Gasteiger partial charge in [-0.15, -0.1) is 0 Å². The van der Waals surface area contributed by atoms with Crippen LogP contribution in [0.4, 0.5) is 11.5 Å². The smallest absolute Gasteiger partial charge is 0.138 e. The molecule has 3 heterocycles. The van der Waals surface area contributed by atoms with Gasteiger partial charge in [0, 0.05) is 37.5 Å². The molecule has 16 heavy (non-hydrogen) atoms. The van der Waals surface area contributed by atoms with Crippen LogP contribution in [0, 0.1) is 0 Å². The van der Waals surface area contributed by atoms with Crippen LogP contribution in [0.5, 0.6) is 0 Å². The fourth-order valence-corrected chi connectivity index (χ4v) is 1.92. The molecular weight excluding hydrogens is 202 g/mol. The van der Waals surface area contributed by atoms with E-state index in [9.17, 15) is 0 Å². The molecule has 0 aliphatic carbocycles. The van der Waals surface area contributed by atoms with Crippen LogP contribution < -0.4 is 10.6 Å². The molecule has 0 aromatic carbocycles. The van der Waals surface area contributed by atoms with E-state index in [2.05, 4.69) is 25.6 Å². The molecular formula is C11H13N5. The van der Waals surface area contributed by atoms with Crippen LogP contribution in [0.2, 0.25) is 0 Å². The van der Waals surface area contributed by atoms with Crippen LogP contribution in [0.1, 0.15) is 11.3 Å². The average Bonchev–Trinajstić information content (AvgIpc) is 2.82. The van der Waals surface area contributed by atoms with E-state index in [4.69, 9.17) is 0 Å². The van der Waals surface area contributed by atoms with Gasteiger partial charge in [-0.05, 0) is 6.07 Å². The van der Waals surface area contributed by atoms with Crippen LogP contribution in [-0.2, 0) is 13.0 Å². The third-order valence-electron chi connectivity index (χ3n) is 2.74. The number of hydrogen-bond donors (Lipinski definition) is 3. The molecule has 3 rings (SSSR count). The zero-order valence-corrected chi connectivity index (χ0v) is 8.83. The highest BCUT2D eigenvalue weighted by atomic mass is 15.0. The summed E-state index contributed by atoms with van der Waals surface area (Å²) in [4.78, 5) is 11.6. The summed E-state index contributed by atoms with van der Waals surface area (Å²) in [7, 11) is 0. The predicted octanol–water partition coefficient (Wildman–Crippen LogP) is 1.19. The van der Waals surface area contributed by atoms with Crippen molar-refractivity contribution in [1.29, 1.82) is 0 Å². The van der Waals surface area contributed by atoms with Crippen molar-refractivity contribution in [2.24, 2.45) is 0 Å². The first-order valence-electron chi connectivity index (χ1n) is 5.37. The average molecular weight is 215 g/mol. The molecule has 0 unspecified atom stereocenters. The van der Waals surface area contributed by atoms with Crippen molar-refractivity contribution in [3.05, 3.63) is 36.0 Å². The van der Waals surface area contributed by atoms with E-state index < -0.39 is 0 Å². The molecule has 2 aromatic rings. The molecule has 5 nitrogen and oxygen atoms in total. The standard InChI is InChI=1S/C11H13N5/c1-3-12-5-8(1)16-11-9-6-13-4-2-10(9)14-7-15-11/h1,3,5,7,12-13H,2,4,6H2,(H,14,15,16). The SMILES string of the molecule is c1nc2c(c(Nc3cc[nH]c3)n1)CNCC2. The number of aromatic amines is 1. The minimum Gasteiger partial charge on any atom is -0.366 e. The molecule has 2 aromatic heterocycles. The Morgan fingerprint density at radius 1 is 1.31 bits per heavy atom. The van der Waals surface area contributed by atoms with Gasteiger partial charge in [-0.3, -0.25) is 0 Å². The first-order chi connectivity index (χ1) is 7.93. The number of nitrogens with one attached hydrogen (secondary N) is 3. The molecule has 1 aliphatic heterocycles. The summed E-state index contributed by atoms with van der Waals surface area (Å²) in [5.74, 6) is 0.900. The lowest BCUT2D eigenvalue weighted by Crippen LogP contribution is -2.25. The lowest BCUT2D eigenvalue weighted by molar-refractivity contribution is 0.628. The van der Waals surface area contributed by atoms with Gasteiger partial charge >= 0.3 is 0 Å². The first-order valence-corrected chi connectivity index (χ1v) is 5.37. The number of rotatable bonds is 2. The summed E-state index contributed by atoms with van der Waals surface area (Å²) in [5.41, 5.74) is 3.34. The van der Waals surface area contributed by atoms with Gasteiger partial charge in [0.2, 0.25) is 0 Å². The van der Waals surface area contributed by atoms with E-state index in [1.54, 1.807) is 6.33 Å². The van der Waals surface area contributed by atoms with Crippen LogP contribution in [-0.4, -0.2) is 21.5 Å². The summed E-state index contributed by atoms with van der Waals surface area (Å²) >= 11 is 0. The van der Waals surface area contributed by atoms with Gasteiger partial charge in [0.25, 0.3) is 0 Å². The number of nitrogens with zero attached hydrogens (tertiary/aromatic N) is 2. The molecule has 82 valence electrons. The second-order valence-corrected chi connectivity index (χ2v) is 3.80. The molecule has 5 heteroatoms.